The Labute approximate surface area is 194 Å². The molecular formula is C22H29IN6O. The lowest BCUT2D eigenvalue weighted by Gasteiger charge is -2.24. The van der Waals surface area contributed by atoms with Crippen LogP contribution in [0.4, 0.5) is 0 Å². The second-order valence-electron chi connectivity index (χ2n) is 7.69. The molecule has 0 amide bonds. The molecule has 0 saturated heterocycles. The van der Waals surface area contributed by atoms with Crippen molar-refractivity contribution in [1.29, 1.82) is 0 Å². The van der Waals surface area contributed by atoms with Crippen molar-refractivity contribution < 1.29 is 4.42 Å². The normalized spacial score (nSPS) is 16.1. The van der Waals surface area contributed by atoms with Crippen molar-refractivity contribution in [2.45, 2.75) is 51.7 Å². The van der Waals surface area contributed by atoms with E-state index in [9.17, 15) is 0 Å². The van der Waals surface area contributed by atoms with Crippen LogP contribution in [0, 0.1) is 0 Å². The topological polar surface area (TPSA) is 80.3 Å². The third-order valence-corrected chi connectivity index (χ3v) is 5.20. The van der Waals surface area contributed by atoms with Crippen LogP contribution in [0.2, 0.25) is 0 Å². The number of nitrogens with one attached hydrogen (secondary N) is 2. The molecule has 1 aliphatic rings. The molecule has 3 aromatic rings. The highest BCUT2D eigenvalue weighted by Crippen LogP contribution is 2.22. The molecule has 160 valence electrons. The van der Waals surface area contributed by atoms with Gasteiger partial charge in [0.25, 0.3) is 0 Å². The molecule has 1 unspecified atom stereocenters. The maximum Gasteiger partial charge on any atom is 0.226 e. The maximum atomic E-state index is 5.61. The molecule has 1 aromatic carbocycles. The summed E-state index contributed by atoms with van der Waals surface area (Å²) < 4.78 is 7.67. The van der Waals surface area contributed by atoms with Gasteiger partial charge in [-0.05, 0) is 44.4 Å². The zero-order valence-corrected chi connectivity index (χ0v) is 20.0. The van der Waals surface area contributed by atoms with Crippen molar-refractivity contribution in [3.63, 3.8) is 0 Å². The van der Waals surface area contributed by atoms with Crippen LogP contribution in [0.15, 0.2) is 52.2 Å². The molecule has 2 heterocycles. The fourth-order valence-electron chi connectivity index (χ4n) is 3.56. The van der Waals surface area contributed by atoms with Crippen LogP contribution in [0.3, 0.4) is 0 Å². The number of aromatic nitrogens is 3. The fraction of sp³-hybridized carbons (Fsp3) is 0.409. The molecule has 0 fully saturated rings. The molecule has 0 saturated carbocycles. The number of rotatable bonds is 5. The fourth-order valence-corrected chi connectivity index (χ4v) is 3.56. The molecule has 0 radical (unpaired) electrons. The van der Waals surface area contributed by atoms with Crippen LogP contribution >= 0.6 is 24.0 Å². The molecule has 1 atom stereocenters. The van der Waals surface area contributed by atoms with Crippen LogP contribution in [-0.2, 0) is 19.4 Å². The van der Waals surface area contributed by atoms with Crippen molar-refractivity contribution in [3.8, 4) is 11.5 Å². The van der Waals surface area contributed by atoms with Crippen molar-refractivity contribution in [1.82, 2.24) is 25.4 Å². The van der Waals surface area contributed by atoms with Crippen molar-refractivity contribution in [3.05, 3.63) is 59.7 Å². The molecule has 7 nitrogen and oxygen atoms in total. The SMILES string of the molecule is CN=C(NCc1coc(-c2ccccc2)n1)NC1CCc2cn(C(C)C)nc2C1.I. The van der Waals surface area contributed by atoms with Gasteiger partial charge in [0.2, 0.25) is 5.89 Å². The Bertz CT molecular complexity index is 979. The Morgan fingerprint density at radius 2 is 2.10 bits per heavy atom. The first-order chi connectivity index (χ1) is 14.1. The summed E-state index contributed by atoms with van der Waals surface area (Å²) in [6, 6.07) is 10.6. The Morgan fingerprint density at radius 3 is 2.83 bits per heavy atom. The number of fused-ring (bicyclic) bond motifs is 1. The molecule has 4 rings (SSSR count). The van der Waals surface area contributed by atoms with Crippen LogP contribution in [-0.4, -0.2) is 33.8 Å². The largest absolute Gasteiger partial charge is 0.444 e. The number of guanidine groups is 1. The standard InChI is InChI=1S/C22H28N6O.HI/c1-15(2)28-13-17-9-10-18(11-20(17)27-28)26-22(23-3)24-12-19-14-29-21(25-19)16-7-5-4-6-8-16;/h4-8,13-15,18H,9-12H2,1-3H3,(H2,23,24,26);1H. The highest BCUT2D eigenvalue weighted by molar-refractivity contribution is 14.0. The summed E-state index contributed by atoms with van der Waals surface area (Å²) >= 11 is 0. The number of benzene rings is 1. The first-order valence-electron chi connectivity index (χ1n) is 10.2. The molecule has 2 aromatic heterocycles. The number of hydrogen-bond donors (Lipinski definition) is 2. The summed E-state index contributed by atoms with van der Waals surface area (Å²) in [4.78, 5) is 8.92. The Morgan fingerprint density at radius 1 is 1.30 bits per heavy atom. The average Bonchev–Trinajstić information content (AvgIpc) is 3.38. The number of nitrogens with zero attached hydrogens (tertiary/aromatic N) is 4. The second kappa shape index (κ2) is 10.1. The molecule has 30 heavy (non-hydrogen) atoms. The van der Waals surface area contributed by atoms with Gasteiger partial charge in [0.15, 0.2) is 5.96 Å². The predicted octanol–water partition coefficient (Wildman–Crippen LogP) is 3.96. The van der Waals surface area contributed by atoms with Gasteiger partial charge in [-0.15, -0.1) is 24.0 Å². The van der Waals surface area contributed by atoms with Gasteiger partial charge in [0.1, 0.15) is 6.26 Å². The van der Waals surface area contributed by atoms with Crippen LogP contribution in [0.25, 0.3) is 11.5 Å². The molecule has 0 spiro atoms. The van der Waals surface area contributed by atoms with E-state index in [1.807, 2.05) is 30.3 Å². The number of oxazole rings is 1. The van der Waals surface area contributed by atoms with Crippen LogP contribution in [0.1, 0.15) is 43.3 Å². The van der Waals surface area contributed by atoms with E-state index in [4.69, 9.17) is 9.52 Å². The summed E-state index contributed by atoms with van der Waals surface area (Å²) in [5, 5.41) is 11.6. The monoisotopic (exact) mass is 520 g/mol. The lowest BCUT2D eigenvalue weighted by Crippen LogP contribution is -2.45. The third kappa shape index (κ3) is 5.21. The van der Waals surface area contributed by atoms with Gasteiger partial charge in [-0.2, -0.15) is 5.10 Å². The lowest BCUT2D eigenvalue weighted by atomic mass is 9.94. The van der Waals surface area contributed by atoms with Gasteiger partial charge < -0.3 is 15.1 Å². The number of aliphatic imine (C=N–C) groups is 1. The Kier molecular flexibility index (Phi) is 7.52. The average molecular weight is 520 g/mol. The van der Waals surface area contributed by atoms with Crippen molar-refractivity contribution in [2.24, 2.45) is 4.99 Å². The van der Waals surface area contributed by atoms with Crippen LogP contribution in [0.5, 0.6) is 0 Å². The van der Waals surface area contributed by atoms with Gasteiger partial charge >= 0.3 is 0 Å². The molecular weight excluding hydrogens is 491 g/mol. The van der Waals surface area contributed by atoms with Gasteiger partial charge in [-0.25, -0.2) is 4.98 Å². The zero-order chi connectivity index (χ0) is 20.2. The molecule has 1 aliphatic carbocycles. The molecule has 2 N–H and O–H groups in total. The van der Waals surface area contributed by atoms with E-state index in [1.165, 1.54) is 11.3 Å². The van der Waals surface area contributed by atoms with E-state index in [0.717, 1.165) is 36.5 Å². The van der Waals surface area contributed by atoms with E-state index < -0.39 is 0 Å². The van der Waals surface area contributed by atoms with E-state index in [0.29, 0.717) is 24.5 Å². The molecule has 0 aliphatic heterocycles. The van der Waals surface area contributed by atoms with E-state index in [-0.39, 0.29) is 24.0 Å². The molecule has 0 bridgehead atoms. The minimum absolute atomic E-state index is 0. The van der Waals surface area contributed by atoms with Crippen LogP contribution < -0.4 is 10.6 Å². The first kappa shape index (κ1) is 22.3. The van der Waals surface area contributed by atoms with Crippen molar-refractivity contribution >= 4 is 29.9 Å². The maximum absolute atomic E-state index is 5.61. The van der Waals surface area contributed by atoms with Gasteiger partial charge in [0.05, 0.1) is 17.9 Å². The summed E-state index contributed by atoms with van der Waals surface area (Å²) in [6.07, 6.45) is 6.91. The lowest BCUT2D eigenvalue weighted by molar-refractivity contribution is 0.499. The smallest absolute Gasteiger partial charge is 0.226 e. The van der Waals surface area contributed by atoms with Gasteiger partial charge in [-0.1, -0.05) is 18.2 Å². The Hall–Kier alpha value is -2.36. The van der Waals surface area contributed by atoms with Crippen molar-refractivity contribution in [2.75, 3.05) is 7.05 Å². The summed E-state index contributed by atoms with van der Waals surface area (Å²) in [5.41, 5.74) is 4.38. The summed E-state index contributed by atoms with van der Waals surface area (Å²) in [5.74, 6) is 1.40. The highest BCUT2D eigenvalue weighted by atomic mass is 127. The predicted molar refractivity (Wildman–Crippen MR) is 129 cm³/mol. The first-order valence-corrected chi connectivity index (χ1v) is 10.2. The minimum Gasteiger partial charge on any atom is -0.444 e. The van der Waals surface area contributed by atoms with E-state index in [2.05, 4.69) is 45.3 Å². The highest BCUT2D eigenvalue weighted by Gasteiger charge is 2.23. The third-order valence-electron chi connectivity index (χ3n) is 5.20. The van der Waals surface area contributed by atoms with Gasteiger partial charge in [-0.3, -0.25) is 9.67 Å². The number of aryl methyl sites for hydroxylation is 1. The summed E-state index contributed by atoms with van der Waals surface area (Å²) in [6.45, 7) is 4.87. The number of hydrogen-bond acceptors (Lipinski definition) is 4. The molecule has 8 heteroatoms. The quantitative estimate of drug-likeness (QED) is 0.303. The zero-order valence-electron chi connectivity index (χ0n) is 17.6. The van der Waals surface area contributed by atoms with E-state index in [1.54, 1.807) is 13.3 Å². The van der Waals surface area contributed by atoms with E-state index >= 15 is 0 Å². The Balaban J connectivity index is 0.00000256. The summed E-state index contributed by atoms with van der Waals surface area (Å²) in [7, 11) is 1.79. The second-order valence-corrected chi connectivity index (χ2v) is 7.69. The van der Waals surface area contributed by atoms with Gasteiger partial charge in [0, 0.05) is 37.3 Å². The minimum atomic E-state index is 0. The number of halogens is 1.